The summed E-state index contributed by atoms with van der Waals surface area (Å²) in [7, 11) is -3.87. The molecule has 276 valence electrons. The summed E-state index contributed by atoms with van der Waals surface area (Å²) in [5, 5.41) is 26.7. The molecule has 3 rings (SSSR count). The van der Waals surface area contributed by atoms with Crippen LogP contribution < -0.4 is 16.1 Å². The summed E-state index contributed by atoms with van der Waals surface area (Å²) in [6.45, 7) is 3.67. The van der Waals surface area contributed by atoms with Crippen molar-refractivity contribution in [2.75, 3.05) is 32.0 Å². The Hall–Kier alpha value is -3.56. The Kier molecular flexibility index (Phi) is 18.2. The van der Waals surface area contributed by atoms with Gasteiger partial charge in [0.1, 0.15) is 18.3 Å². The molecule has 1 saturated heterocycles. The minimum Gasteiger partial charge on any atom is -0.387 e. The van der Waals surface area contributed by atoms with Crippen LogP contribution >= 0.6 is 7.75 Å². The zero-order valence-corrected chi connectivity index (χ0v) is 29.7. The van der Waals surface area contributed by atoms with Gasteiger partial charge in [0.2, 0.25) is 5.91 Å². The van der Waals surface area contributed by atoms with Crippen LogP contribution in [0.3, 0.4) is 0 Å². The summed E-state index contributed by atoms with van der Waals surface area (Å²) in [4.78, 5) is 23.4. The van der Waals surface area contributed by atoms with E-state index in [0.29, 0.717) is 12.8 Å². The third-order valence-corrected chi connectivity index (χ3v) is 9.12. The number of hydrogen-bond acceptors (Lipinski definition) is 11. The first-order valence-corrected chi connectivity index (χ1v) is 18.6. The fourth-order valence-electron chi connectivity index (χ4n) is 4.90. The van der Waals surface area contributed by atoms with Crippen LogP contribution in [0.2, 0.25) is 0 Å². The molecule has 0 spiro atoms. The van der Waals surface area contributed by atoms with Crippen molar-refractivity contribution in [2.45, 2.75) is 89.8 Å². The molecule has 0 aromatic carbocycles. The van der Waals surface area contributed by atoms with Crippen LogP contribution in [0.25, 0.3) is 11.2 Å². The summed E-state index contributed by atoms with van der Waals surface area (Å²) in [6.07, 6.45) is 22.9. The Labute approximate surface area is 293 Å². The number of nitrogens with one attached hydrogen (secondary N) is 2. The molecule has 3 heterocycles. The number of aliphatic hydroxyl groups excluding tert-OH is 2. The topological polar surface area (TPSA) is 196 Å². The van der Waals surface area contributed by atoms with E-state index < -0.39 is 45.0 Å². The molecule has 0 radical (unpaired) electrons. The highest BCUT2D eigenvalue weighted by Gasteiger charge is 2.45. The number of ether oxygens (including phenoxy) is 1. The van der Waals surface area contributed by atoms with Crippen LogP contribution in [0.5, 0.6) is 0 Å². The zero-order chi connectivity index (χ0) is 36.2. The van der Waals surface area contributed by atoms with Crippen LogP contribution in [0.15, 0.2) is 67.1 Å². The second kappa shape index (κ2) is 22.3. The number of aliphatic hydroxyl groups is 2. The van der Waals surface area contributed by atoms with Gasteiger partial charge >= 0.3 is 13.8 Å². The van der Waals surface area contributed by atoms with Crippen molar-refractivity contribution in [2.24, 2.45) is 0 Å². The predicted octanol–water partition coefficient (Wildman–Crippen LogP) is 4.96. The molecule has 14 nitrogen and oxygen atoms in total. The second-order valence-electron chi connectivity index (χ2n) is 11.3. The lowest BCUT2D eigenvalue weighted by molar-refractivity contribution is -0.121. The van der Waals surface area contributed by atoms with Crippen LogP contribution in [0, 0.1) is 6.08 Å². The largest absolute Gasteiger partial charge is 0.405 e. The Morgan fingerprint density at radius 1 is 0.980 bits per heavy atom. The van der Waals surface area contributed by atoms with Crippen molar-refractivity contribution in [3.8, 4) is 0 Å². The monoisotopic (exact) mass is 719 g/mol. The molecule has 16 heteroatoms. The summed E-state index contributed by atoms with van der Waals surface area (Å²) in [6, 6.07) is 0. The van der Waals surface area contributed by atoms with Crippen LogP contribution in [0.4, 0.5) is 10.2 Å². The fourth-order valence-corrected chi connectivity index (χ4v) is 6.22. The zero-order valence-electron chi connectivity index (χ0n) is 28.8. The highest BCUT2D eigenvalue weighted by atomic mass is 31.2. The summed E-state index contributed by atoms with van der Waals surface area (Å²) in [5.41, 5.74) is 5.76. The van der Waals surface area contributed by atoms with Gasteiger partial charge in [-0.1, -0.05) is 67.7 Å². The molecule has 1 fully saturated rings. The standard InChI is InChI=1S/C34H51FN7O7P/c1-3-5-6-7-8-9-10-11-12-13-14-15-16-17-18-19-20-21-27(43)37-22-23-39-50(46,47-4-2)48-24-26-29(44)30(45)33(49-26)42-25-38-28-31(36)40-34(35)41-32(28)42/h5-6,8-9,11-12,14-15,17-18,25-26,29-30,33,44-45H,3-4,7,10,13,16,19-24H2,1-2H3,(H,37,43)(H,39,46)(H2,36,40,41). The van der Waals surface area contributed by atoms with Gasteiger partial charge in [-0.25, -0.2) is 14.6 Å². The summed E-state index contributed by atoms with van der Waals surface area (Å²) >= 11 is 0. The van der Waals surface area contributed by atoms with E-state index in [1.165, 1.54) is 10.9 Å². The van der Waals surface area contributed by atoms with Gasteiger partial charge < -0.3 is 26.0 Å². The number of fused-ring (bicyclic) bond motifs is 1. The van der Waals surface area contributed by atoms with Crippen molar-refractivity contribution in [1.29, 1.82) is 0 Å². The maximum Gasteiger partial charge on any atom is 0.405 e. The molecule has 6 N–H and O–H groups in total. The molecule has 1 aliphatic rings. The number of rotatable bonds is 23. The first-order valence-electron chi connectivity index (χ1n) is 17.0. The average Bonchev–Trinajstić information content (AvgIpc) is 3.63. The quantitative estimate of drug-likeness (QED) is 0.0449. The highest BCUT2D eigenvalue weighted by Crippen LogP contribution is 2.44. The molecule has 1 aliphatic heterocycles. The Morgan fingerprint density at radius 3 is 2.26 bits per heavy atom. The molecular formula is C34H51FN7O7P. The lowest BCUT2D eigenvalue weighted by Gasteiger charge is -2.21. The SMILES string of the molecule is CCC=CCC=CCC=CCC=CCC=CCCCC(=O)NCCNP(=O)(OCC)OCC1OC(n2cnc3c(N)nc(F)nc32)C(O)C1O. The number of aromatic nitrogens is 4. The molecule has 0 saturated carbocycles. The van der Waals surface area contributed by atoms with E-state index in [1.807, 2.05) is 0 Å². The van der Waals surface area contributed by atoms with Crippen molar-refractivity contribution in [3.05, 3.63) is 73.2 Å². The van der Waals surface area contributed by atoms with Crippen molar-refractivity contribution < 1.29 is 37.7 Å². The number of anilines is 1. The number of halogens is 1. The minimum atomic E-state index is -3.87. The van der Waals surface area contributed by atoms with E-state index in [1.54, 1.807) is 6.92 Å². The second-order valence-corrected chi connectivity index (χ2v) is 13.1. The van der Waals surface area contributed by atoms with E-state index in [9.17, 15) is 24.0 Å². The number of nitrogens with zero attached hydrogens (tertiary/aromatic N) is 4. The first kappa shape index (κ1) is 40.9. The summed E-state index contributed by atoms with van der Waals surface area (Å²) < 4.78 is 44.8. The fraction of sp³-hybridized carbons (Fsp3) is 0.529. The van der Waals surface area contributed by atoms with E-state index >= 15 is 0 Å². The number of hydrogen-bond donors (Lipinski definition) is 5. The van der Waals surface area contributed by atoms with E-state index in [0.717, 1.165) is 38.5 Å². The molecule has 2 aromatic heterocycles. The van der Waals surface area contributed by atoms with Crippen molar-refractivity contribution >= 4 is 30.6 Å². The molecule has 5 unspecified atom stereocenters. The smallest absolute Gasteiger partial charge is 0.387 e. The maximum absolute atomic E-state index is 13.8. The molecule has 50 heavy (non-hydrogen) atoms. The molecule has 0 aliphatic carbocycles. The van der Waals surface area contributed by atoms with E-state index in [2.05, 4.69) is 93.0 Å². The number of carbonyl (C=O) groups excluding carboxylic acids is 1. The molecule has 1 amide bonds. The Bertz CT molecular complexity index is 1530. The minimum absolute atomic E-state index is 0.0364. The first-order chi connectivity index (χ1) is 24.2. The lowest BCUT2D eigenvalue weighted by atomic mass is 10.1. The Morgan fingerprint density at radius 2 is 1.62 bits per heavy atom. The maximum atomic E-state index is 13.8. The summed E-state index contributed by atoms with van der Waals surface area (Å²) in [5.74, 6) is -0.326. The van der Waals surface area contributed by atoms with Crippen LogP contribution in [0.1, 0.15) is 71.4 Å². The molecule has 5 atom stereocenters. The number of nitrogen functional groups attached to an aromatic ring is 1. The third kappa shape index (κ3) is 13.6. The van der Waals surface area contributed by atoms with Gasteiger partial charge in [-0.2, -0.15) is 14.4 Å². The number of carbonyl (C=O) groups is 1. The number of imidazole rings is 1. The van der Waals surface area contributed by atoms with Crippen LogP contribution in [-0.2, 0) is 23.1 Å². The van der Waals surface area contributed by atoms with Gasteiger partial charge in [-0.15, -0.1) is 0 Å². The number of amides is 1. The number of unbranched alkanes of at least 4 members (excludes halogenated alkanes) is 1. The molecule has 0 bridgehead atoms. The molecular weight excluding hydrogens is 668 g/mol. The van der Waals surface area contributed by atoms with Gasteiger partial charge in [0.05, 0.1) is 19.5 Å². The van der Waals surface area contributed by atoms with Gasteiger partial charge in [-0.3, -0.25) is 18.4 Å². The van der Waals surface area contributed by atoms with E-state index in [-0.39, 0.29) is 42.6 Å². The molecule has 2 aromatic rings. The van der Waals surface area contributed by atoms with E-state index in [4.69, 9.17) is 19.5 Å². The highest BCUT2D eigenvalue weighted by molar-refractivity contribution is 7.51. The Balaban J connectivity index is 1.30. The predicted molar refractivity (Wildman–Crippen MR) is 190 cm³/mol. The van der Waals surface area contributed by atoms with Crippen molar-refractivity contribution in [3.63, 3.8) is 0 Å². The van der Waals surface area contributed by atoms with Crippen molar-refractivity contribution in [1.82, 2.24) is 29.9 Å². The van der Waals surface area contributed by atoms with Gasteiger partial charge in [0, 0.05) is 19.5 Å². The number of nitrogens with two attached hydrogens (primary N) is 1. The third-order valence-electron chi connectivity index (χ3n) is 7.43. The van der Waals surface area contributed by atoms with Gasteiger partial charge in [0.25, 0.3) is 0 Å². The normalized spacial score (nSPS) is 21.2. The number of allylic oxidation sites excluding steroid dienone is 10. The van der Waals surface area contributed by atoms with Crippen LogP contribution in [-0.4, -0.2) is 80.3 Å². The van der Waals surface area contributed by atoms with Gasteiger partial charge in [-0.05, 0) is 51.9 Å². The van der Waals surface area contributed by atoms with Gasteiger partial charge in [0.15, 0.2) is 23.2 Å². The lowest BCUT2D eigenvalue weighted by Crippen LogP contribution is -2.35. The average molecular weight is 720 g/mol.